The number of fused-ring (bicyclic) bond motifs is 1. The molecule has 13 heavy (non-hydrogen) atoms. The van der Waals surface area contributed by atoms with E-state index in [1.165, 1.54) is 17.5 Å². The quantitative estimate of drug-likeness (QED) is 0.587. The number of benzene rings is 1. The Hall–Kier alpha value is -0.755. The summed E-state index contributed by atoms with van der Waals surface area (Å²) in [5.41, 5.74) is 3.04. The predicted molar refractivity (Wildman–Crippen MR) is 56.7 cm³/mol. The minimum absolute atomic E-state index is 0. The van der Waals surface area contributed by atoms with Crippen LogP contribution >= 0.6 is 0 Å². The largest absolute Gasteiger partial charge is 0.295 e. The maximum Gasteiger partial charge on any atom is 0.0349 e. The van der Waals surface area contributed by atoms with Crippen LogP contribution in [0.3, 0.4) is 0 Å². The highest BCUT2D eigenvalue weighted by Crippen LogP contribution is 2.33. The zero-order valence-electron chi connectivity index (χ0n) is 8.33. The Bertz CT molecular complexity index is 285. The van der Waals surface area contributed by atoms with Gasteiger partial charge >= 0.3 is 0 Å². The minimum Gasteiger partial charge on any atom is -0.295 e. The van der Waals surface area contributed by atoms with Gasteiger partial charge in [-0.3, -0.25) is 4.90 Å². The molecule has 1 atom stereocenters. The van der Waals surface area contributed by atoms with E-state index in [1.807, 2.05) is 0 Å². The van der Waals surface area contributed by atoms with Gasteiger partial charge in [-0.15, -0.1) is 0 Å². The number of hydrogen-bond acceptors (Lipinski definition) is 1. The van der Waals surface area contributed by atoms with E-state index in [1.54, 1.807) is 0 Å². The van der Waals surface area contributed by atoms with Crippen LogP contribution in [-0.2, 0) is 6.54 Å². The van der Waals surface area contributed by atoms with E-state index >= 15 is 0 Å². The van der Waals surface area contributed by atoms with Gasteiger partial charge in [-0.05, 0) is 24.6 Å². The van der Waals surface area contributed by atoms with E-state index in [-0.39, 0.29) is 8.41 Å². The maximum atomic E-state index is 2.42. The third-order valence-electron chi connectivity index (χ3n) is 2.75. The Morgan fingerprint density at radius 2 is 2.08 bits per heavy atom. The van der Waals surface area contributed by atoms with E-state index in [4.69, 9.17) is 0 Å². The van der Waals surface area contributed by atoms with Gasteiger partial charge in [0.05, 0.1) is 0 Å². The predicted octanol–water partition coefficient (Wildman–Crippen LogP) is 2.20. The summed E-state index contributed by atoms with van der Waals surface area (Å²) in [6, 6.07) is 9.42. The molecule has 0 aliphatic carbocycles. The maximum absolute atomic E-state index is 2.42. The van der Waals surface area contributed by atoms with E-state index < -0.39 is 0 Å². The molecule has 2 rings (SSSR count). The zero-order chi connectivity index (χ0) is 8.55. The highest BCUT2D eigenvalue weighted by molar-refractivity contribution is 5.75. The summed E-state index contributed by atoms with van der Waals surface area (Å²) in [7, 11) is 2.20. The normalized spacial score (nSPS) is 20.9. The molecule has 1 heterocycles. The highest BCUT2D eigenvalue weighted by Gasteiger charge is 2.24. The van der Waals surface area contributed by atoms with Gasteiger partial charge in [0.15, 0.2) is 0 Å². The Morgan fingerprint density at radius 1 is 1.38 bits per heavy atom. The second-order valence-electron chi connectivity index (χ2n) is 3.54. The minimum atomic E-state index is 0. The molecular weight excluding hydrogens is 157 g/mol. The Morgan fingerprint density at radius 3 is 2.77 bits per heavy atom. The van der Waals surface area contributed by atoms with Crippen molar-refractivity contribution in [2.45, 2.75) is 25.9 Å². The Balaban J connectivity index is 0.000000845. The van der Waals surface area contributed by atoms with E-state index in [2.05, 4.69) is 43.1 Å². The van der Waals surface area contributed by atoms with Gasteiger partial charge in [0.1, 0.15) is 0 Å². The lowest BCUT2D eigenvalue weighted by molar-refractivity contribution is 0.262. The second-order valence-corrected chi connectivity index (χ2v) is 3.54. The summed E-state index contributed by atoms with van der Waals surface area (Å²) in [5.74, 6) is 0. The van der Waals surface area contributed by atoms with E-state index in [0.717, 1.165) is 6.54 Å². The van der Waals surface area contributed by atoms with Crippen molar-refractivity contribution in [2.75, 3.05) is 7.05 Å². The number of hydrogen-bond donors (Lipinski definition) is 0. The summed E-state index contributed by atoms with van der Waals surface area (Å²) in [6.45, 7) is 3.37. The van der Waals surface area contributed by atoms with Gasteiger partial charge in [-0.25, -0.2) is 0 Å². The number of nitrogens with zero attached hydrogens (tertiary/aromatic N) is 1. The van der Waals surface area contributed by atoms with Crippen LogP contribution in [0.15, 0.2) is 24.3 Å². The lowest BCUT2D eigenvalue weighted by Crippen LogP contribution is -2.15. The van der Waals surface area contributed by atoms with Crippen molar-refractivity contribution >= 4 is 8.41 Å². The topological polar surface area (TPSA) is 3.24 Å². The molecule has 0 saturated carbocycles. The van der Waals surface area contributed by atoms with Crippen LogP contribution in [0.4, 0.5) is 0 Å². The molecule has 1 aliphatic heterocycles. The average molecular weight is 172 g/mol. The molecular formula is C11H15BN. The van der Waals surface area contributed by atoms with Gasteiger partial charge in [0.2, 0.25) is 0 Å². The first-order valence-corrected chi connectivity index (χ1v) is 4.61. The molecule has 3 radical (unpaired) electrons. The van der Waals surface area contributed by atoms with Crippen LogP contribution in [0.5, 0.6) is 0 Å². The van der Waals surface area contributed by atoms with Crippen molar-refractivity contribution in [3.63, 3.8) is 0 Å². The third-order valence-corrected chi connectivity index (χ3v) is 2.75. The van der Waals surface area contributed by atoms with Crippen molar-refractivity contribution in [3.05, 3.63) is 35.4 Å². The van der Waals surface area contributed by atoms with Crippen LogP contribution in [0.1, 0.15) is 30.5 Å². The molecule has 1 aliphatic rings. The van der Waals surface area contributed by atoms with Crippen LogP contribution in [0.2, 0.25) is 0 Å². The van der Waals surface area contributed by atoms with Gasteiger partial charge in [-0.1, -0.05) is 31.2 Å². The molecule has 0 unspecified atom stereocenters. The molecule has 0 fully saturated rings. The SMILES string of the molecule is CC[C@H]1c2ccccc2CN1C.[B]. The highest BCUT2D eigenvalue weighted by atomic mass is 15.1. The summed E-state index contributed by atoms with van der Waals surface area (Å²) in [5, 5.41) is 0. The first-order valence-electron chi connectivity index (χ1n) is 4.61. The monoisotopic (exact) mass is 172 g/mol. The van der Waals surface area contributed by atoms with Gasteiger partial charge < -0.3 is 0 Å². The van der Waals surface area contributed by atoms with Crippen LogP contribution in [0, 0.1) is 0 Å². The van der Waals surface area contributed by atoms with Crippen molar-refractivity contribution in [3.8, 4) is 0 Å². The Labute approximate surface area is 82.3 Å². The van der Waals surface area contributed by atoms with E-state index in [9.17, 15) is 0 Å². The third kappa shape index (κ3) is 1.64. The fraction of sp³-hybridized carbons (Fsp3) is 0.455. The zero-order valence-corrected chi connectivity index (χ0v) is 8.33. The molecule has 67 valence electrons. The average Bonchev–Trinajstić information content (AvgIpc) is 2.40. The fourth-order valence-electron chi connectivity index (χ4n) is 2.15. The summed E-state index contributed by atoms with van der Waals surface area (Å²) < 4.78 is 0. The van der Waals surface area contributed by atoms with Crippen molar-refractivity contribution in [1.29, 1.82) is 0 Å². The molecule has 0 N–H and O–H groups in total. The molecule has 0 spiro atoms. The van der Waals surface area contributed by atoms with Crippen LogP contribution in [0.25, 0.3) is 0 Å². The first-order chi connectivity index (χ1) is 5.83. The molecule has 0 bridgehead atoms. The van der Waals surface area contributed by atoms with Gasteiger partial charge in [-0.2, -0.15) is 0 Å². The smallest absolute Gasteiger partial charge is 0.0349 e. The van der Waals surface area contributed by atoms with Crippen LogP contribution < -0.4 is 0 Å². The molecule has 1 aromatic rings. The van der Waals surface area contributed by atoms with Crippen molar-refractivity contribution in [1.82, 2.24) is 4.90 Å². The molecule has 2 heteroatoms. The van der Waals surface area contributed by atoms with Gasteiger partial charge in [0.25, 0.3) is 0 Å². The van der Waals surface area contributed by atoms with Crippen LogP contribution in [-0.4, -0.2) is 20.4 Å². The lowest BCUT2D eigenvalue weighted by Gasteiger charge is -2.17. The lowest BCUT2D eigenvalue weighted by atomic mass is 10.0. The first kappa shape index (κ1) is 10.3. The van der Waals surface area contributed by atoms with E-state index in [0.29, 0.717) is 6.04 Å². The summed E-state index contributed by atoms with van der Waals surface area (Å²) in [4.78, 5) is 2.42. The molecule has 1 nitrogen and oxygen atoms in total. The summed E-state index contributed by atoms with van der Waals surface area (Å²) in [6.07, 6.45) is 1.22. The second kappa shape index (κ2) is 3.97. The molecule has 1 aromatic carbocycles. The molecule has 0 amide bonds. The van der Waals surface area contributed by atoms with Gasteiger partial charge in [0, 0.05) is 21.0 Å². The van der Waals surface area contributed by atoms with Crippen molar-refractivity contribution in [2.24, 2.45) is 0 Å². The van der Waals surface area contributed by atoms with Crippen molar-refractivity contribution < 1.29 is 0 Å². The number of rotatable bonds is 1. The standard InChI is InChI=1S/C11H15N.B/c1-3-11-10-7-5-4-6-9(10)8-12(11)2;/h4-7,11H,3,8H2,1-2H3;/t11-;/m0./s1. The molecule has 0 saturated heterocycles. The fourth-order valence-corrected chi connectivity index (χ4v) is 2.15. The molecule has 0 aromatic heterocycles. The Kier molecular flexibility index (Phi) is 3.15. The summed E-state index contributed by atoms with van der Waals surface area (Å²) >= 11 is 0.